The lowest BCUT2D eigenvalue weighted by molar-refractivity contribution is -0.134. The van der Waals surface area contributed by atoms with E-state index in [1.807, 2.05) is 49.4 Å². The Morgan fingerprint density at radius 2 is 1.76 bits per heavy atom. The zero-order chi connectivity index (χ0) is 18.1. The fourth-order valence-corrected chi connectivity index (χ4v) is 3.32. The van der Waals surface area contributed by atoms with Gasteiger partial charge in [-0.25, -0.2) is 9.00 Å². The third-order valence-electron chi connectivity index (χ3n) is 3.56. The number of hydrogen-bond acceptors (Lipinski definition) is 4. The van der Waals surface area contributed by atoms with E-state index in [0.717, 1.165) is 11.1 Å². The van der Waals surface area contributed by atoms with Crippen LogP contribution in [0.2, 0.25) is 0 Å². The minimum atomic E-state index is -1.42. The number of esters is 1. The minimum absolute atomic E-state index is 0.370. The number of carbonyl (C=O) groups is 1. The first-order valence-electron chi connectivity index (χ1n) is 7.99. The average molecular weight is 358 g/mol. The second-order valence-electron chi connectivity index (χ2n) is 5.50. The molecule has 25 heavy (non-hydrogen) atoms. The monoisotopic (exact) mass is 358 g/mol. The van der Waals surface area contributed by atoms with E-state index in [1.165, 1.54) is 13.2 Å². The van der Waals surface area contributed by atoms with Crippen molar-refractivity contribution in [3.8, 4) is 0 Å². The van der Waals surface area contributed by atoms with Crippen LogP contribution in [-0.2, 0) is 31.7 Å². The summed E-state index contributed by atoms with van der Waals surface area (Å²) >= 11 is 0. The summed E-state index contributed by atoms with van der Waals surface area (Å²) in [6.07, 6.45) is 1.68. The van der Waals surface area contributed by atoms with E-state index in [0.29, 0.717) is 29.4 Å². The molecule has 1 atom stereocenters. The number of rotatable bonds is 8. The highest BCUT2D eigenvalue weighted by molar-refractivity contribution is 7.89. The number of benzene rings is 2. The summed E-state index contributed by atoms with van der Waals surface area (Å²) in [7, 11) is -0.117. The highest BCUT2D eigenvalue weighted by atomic mass is 32.2. The summed E-state index contributed by atoms with van der Waals surface area (Å²) in [5.41, 5.74) is 2.16. The second kappa shape index (κ2) is 9.91. The van der Waals surface area contributed by atoms with Gasteiger partial charge in [-0.3, -0.25) is 0 Å². The Labute approximate surface area is 150 Å². The number of carbonyl (C=O) groups excluding carboxylic acids is 1. The second-order valence-corrected chi connectivity index (χ2v) is 7.04. The average Bonchev–Trinajstić information content (AvgIpc) is 2.65. The minimum Gasteiger partial charge on any atom is -0.466 e. The molecule has 0 aliphatic heterocycles. The smallest absolute Gasteiger partial charge is 0.331 e. The van der Waals surface area contributed by atoms with E-state index in [2.05, 4.69) is 4.74 Å². The summed E-state index contributed by atoms with van der Waals surface area (Å²) in [5, 5.41) is 0. The molecule has 0 aliphatic rings. The Morgan fingerprint density at radius 1 is 1.08 bits per heavy atom. The number of methoxy groups -OCH3 is 1. The van der Waals surface area contributed by atoms with Crippen molar-refractivity contribution in [2.75, 3.05) is 13.7 Å². The summed E-state index contributed by atoms with van der Waals surface area (Å²) in [6.45, 7) is 2.81. The van der Waals surface area contributed by atoms with Crippen molar-refractivity contribution in [1.29, 1.82) is 0 Å². The molecule has 132 valence electrons. The van der Waals surface area contributed by atoms with Gasteiger partial charge in [0.2, 0.25) is 0 Å². The van der Waals surface area contributed by atoms with Crippen LogP contribution in [-0.4, -0.2) is 23.9 Å². The molecule has 0 aliphatic carbocycles. The fraction of sp³-hybridized carbons (Fsp3) is 0.250. The number of aryl methyl sites for hydroxylation is 1. The number of ether oxygens (including phenoxy) is 2. The molecule has 4 nitrogen and oxygen atoms in total. The maximum absolute atomic E-state index is 12.8. The van der Waals surface area contributed by atoms with Gasteiger partial charge < -0.3 is 9.47 Å². The Hall–Kier alpha value is -2.24. The summed E-state index contributed by atoms with van der Waals surface area (Å²) < 4.78 is 23.1. The first kappa shape index (κ1) is 19.1. The van der Waals surface area contributed by atoms with E-state index in [-0.39, 0.29) is 0 Å². The quantitative estimate of drug-likeness (QED) is 0.409. The van der Waals surface area contributed by atoms with Gasteiger partial charge in [-0.2, -0.15) is 0 Å². The Morgan fingerprint density at radius 3 is 2.40 bits per heavy atom. The van der Waals surface area contributed by atoms with Crippen LogP contribution in [0.4, 0.5) is 0 Å². The van der Waals surface area contributed by atoms with Crippen molar-refractivity contribution in [2.45, 2.75) is 24.8 Å². The molecule has 0 heterocycles. The Balaban J connectivity index is 2.00. The van der Waals surface area contributed by atoms with Gasteiger partial charge in [0.15, 0.2) is 0 Å². The summed E-state index contributed by atoms with van der Waals surface area (Å²) in [6, 6.07) is 17.2. The SMILES string of the molecule is COC(=O)/C=C(\CCOCc1ccccc1)S(=O)c1ccc(C)cc1. The molecular formula is C20H22O4S. The molecule has 5 heteroatoms. The summed E-state index contributed by atoms with van der Waals surface area (Å²) in [4.78, 5) is 12.7. The van der Waals surface area contributed by atoms with E-state index in [9.17, 15) is 9.00 Å². The molecule has 0 fully saturated rings. The lowest BCUT2D eigenvalue weighted by atomic mass is 10.2. The zero-order valence-electron chi connectivity index (χ0n) is 14.4. The molecule has 0 amide bonds. The fourth-order valence-electron chi connectivity index (χ4n) is 2.16. The van der Waals surface area contributed by atoms with Crippen LogP contribution in [0, 0.1) is 6.92 Å². The van der Waals surface area contributed by atoms with Gasteiger partial charge in [0.1, 0.15) is 0 Å². The van der Waals surface area contributed by atoms with E-state index in [1.54, 1.807) is 12.1 Å². The highest BCUT2D eigenvalue weighted by Crippen LogP contribution is 2.18. The Bertz CT molecular complexity index is 736. The van der Waals surface area contributed by atoms with Crippen molar-refractivity contribution in [2.24, 2.45) is 0 Å². The van der Waals surface area contributed by atoms with Crippen molar-refractivity contribution in [1.82, 2.24) is 0 Å². The Kier molecular flexibility index (Phi) is 7.57. The maximum Gasteiger partial charge on any atom is 0.331 e. The van der Waals surface area contributed by atoms with Gasteiger partial charge in [-0.1, -0.05) is 48.0 Å². The van der Waals surface area contributed by atoms with E-state index < -0.39 is 16.8 Å². The van der Waals surface area contributed by atoms with Crippen molar-refractivity contribution >= 4 is 16.8 Å². The van der Waals surface area contributed by atoms with Gasteiger partial charge >= 0.3 is 5.97 Å². The molecule has 0 spiro atoms. The van der Waals surface area contributed by atoms with Gasteiger partial charge in [-0.15, -0.1) is 0 Å². The van der Waals surface area contributed by atoms with Crippen LogP contribution >= 0.6 is 0 Å². The van der Waals surface area contributed by atoms with Gasteiger partial charge in [0, 0.05) is 22.3 Å². The predicted octanol–water partition coefficient (Wildman–Crippen LogP) is 3.77. The van der Waals surface area contributed by atoms with Crippen molar-refractivity contribution in [3.05, 3.63) is 76.7 Å². The third-order valence-corrected chi connectivity index (χ3v) is 5.06. The molecule has 0 aromatic heterocycles. The molecule has 1 unspecified atom stereocenters. The first-order valence-corrected chi connectivity index (χ1v) is 9.14. The van der Waals surface area contributed by atoms with Crippen LogP contribution in [0.15, 0.2) is 70.5 Å². The first-order chi connectivity index (χ1) is 12.1. The zero-order valence-corrected chi connectivity index (χ0v) is 15.3. The molecule has 0 N–H and O–H groups in total. The number of hydrogen-bond donors (Lipinski definition) is 0. The topological polar surface area (TPSA) is 52.6 Å². The predicted molar refractivity (Wildman–Crippen MR) is 98.4 cm³/mol. The van der Waals surface area contributed by atoms with Crippen LogP contribution in [0.5, 0.6) is 0 Å². The lowest BCUT2D eigenvalue weighted by Crippen LogP contribution is -2.06. The van der Waals surface area contributed by atoms with Crippen LogP contribution in [0.1, 0.15) is 17.5 Å². The van der Waals surface area contributed by atoms with E-state index in [4.69, 9.17) is 4.74 Å². The van der Waals surface area contributed by atoms with Gasteiger partial charge in [0.05, 0.1) is 31.1 Å². The molecule has 0 bridgehead atoms. The van der Waals surface area contributed by atoms with Gasteiger partial charge in [0.25, 0.3) is 0 Å². The van der Waals surface area contributed by atoms with Crippen LogP contribution < -0.4 is 0 Å². The molecule has 0 saturated carbocycles. The van der Waals surface area contributed by atoms with Crippen LogP contribution in [0.3, 0.4) is 0 Å². The maximum atomic E-state index is 12.8. The molecule has 0 saturated heterocycles. The lowest BCUT2D eigenvalue weighted by Gasteiger charge is -2.09. The molecule has 2 aromatic carbocycles. The van der Waals surface area contributed by atoms with Crippen molar-refractivity contribution in [3.63, 3.8) is 0 Å². The van der Waals surface area contributed by atoms with Crippen LogP contribution in [0.25, 0.3) is 0 Å². The largest absolute Gasteiger partial charge is 0.466 e. The molecule has 0 radical (unpaired) electrons. The third kappa shape index (κ3) is 6.29. The summed E-state index contributed by atoms with van der Waals surface area (Å²) in [5.74, 6) is -0.515. The standard InChI is InChI=1S/C20H22O4S/c1-16-8-10-18(11-9-16)25(22)19(14-20(21)23-2)12-13-24-15-17-6-4-3-5-7-17/h3-11,14H,12-13,15H2,1-2H3/b19-14+. The highest BCUT2D eigenvalue weighted by Gasteiger charge is 2.13. The van der Waals surface area contributed by atoms with E-state index >= 15 is 0 Å². The molecule has 2 rings (SSSR count). The normalized spacial score (nSPS) is 12.6. The van der Waals surface area contributed by atoms with Crippen molar-refractivity contribution < 1.29 is 18.5 Å². The molecule has 2 aromatic rings. The van der Waals surface area contributed by atoms with Gasteiger partial charge in [-0.05, 0) is 24.6 Å². The molecular weight excluding hydrogens is 336 g/mol.